The lowest BCUT2D eigenvalue weighted by molar-refractivity contribution is 1.06. The molecule has 0 amide bonds. The molecule has 5 aromatic rings. The third-order valence-electron chi connectivity index (χ3n) is 4.37. The molecule has 2 heterocycles. The van der Waals surface area contributed by atoms with Gasteiger partial charge >= 0.3 is 16.5 Å². The van der Waals surface area contributed by atoms with Gasteiger partial charge in [0.15, 0.2) is 11.6 Å². The number of aromatic nitrogens is 4. The predicted octanol–water partition coefficient (Wildman–Crippen LogP) is 3.97. The molecule has 4 nitrogen and oxygen atoms in total. The number of benzene rings is 3. The normalized spacial score (nSPS) is 11.4. The van der Waals surface area contributed by atoms with Crippen molar-refractivity contribution < 1.29 is 0 Å². The number of para-hydroxylation sites is 5. The molecule has 0 bridgehead atoms. The van der Waals surface area contributed by atoms with Crippen molar-refractivity contribution in [3.05, 3.63) is 78.9 Å². The summed E-state index contributed by atoms with van der Waals surface area (Å²) in [5.74, 6) is 1.66. The first kappa shape index (κ1) is 14.5. The highest BCUT2D eigenvalue weighted by Crippen LogP contribution is 2.29. The van der Waals surface area contributed by atoms with Crippen LogP contribution in [0.2, 0.25) is 0 Å². The third kappa shape index (κ3) is 2.21. The van der Waals surface area contributed by atoms with Gasteiger partial charge in [-0.1, -0.05) is 42.5 Å². The van der Waals surface area contributed by atoms with Crippen LogP contribution in [0.15, 0.2) is 78.9 Å². The van der Waals surface area contributed by atoms with Gasteiger partial charge in [-0.2, -0.15) is 0 Å². The standard InChI is InChI=1S/C20H13N4.Al/c1-2-8-14(9-3-1)24-18-13-7-6-12-17(18)23-20(24)19-21-15-10-4-5-11-16(15)22-19;/h1-13H;/q-1;+1. The maximum absolute atomic E-state index is 4.88. The van der Waals surface area contributed by atoms with Gasteiger partial charge in [-0.15, -0.1) is 0 Å². The SMILES string of the molecule is [Al][n]1c(-c2nc3ccccc3n2-c2ccccc2)nc2ccccc21. The monoisotopic (exact) mass is 336 g/mol. The van der Waals surface area contributed by atoms with Crippen molar-refractivity contribution >= 4 is 38.6 Å². The topological polar surface area (TPSA) is 35.6 Å². The second-order valence-corrected chi connectivity index (χ2v) is 6.41. The molecule has 5 rings (SSSR count). The molecule has 0 saturated heterocycles. The molecule has 0 aliphatic heterocycles. The molecular weight excluding hydrogens is 323 g/mol. The van der Waals surface area contributed by atoms with Crippen molar-refractivity contribution in [2.75, 3.05) is 0 Å². The zero-order chi connectivity index (χ0) is 16.8. The second-order valence-electron chi connectivity index (χ2n) is 5.89. The van der Waals surface area contributed by atoms with Crippen LogP contribution in [0.4, 0.5) is 0 Å². The van der Waals surface area contributed by atoms with E-state index in [-0.39, 0.29) is 0 Å². The Morgan fingerprint density at radius 2 is 1.16 bits per heavy atom. The molecular formula is C20H13AlN4. The molecule has 2 aromatic heterocycles. The number of nitrogens with zero attached hydrogens (tertiary/aromatic N) is 4. The molecule has 0 spiro atoms. The van der Waals surface area contributed by atoms with Gasteiger partial charge in [-0.05, 0) is 36.4 Å². The zero-order valence-electron chi connectivity index (χ0n) is 13.4. The van der Waals surface area contributed by atoms with Crippen LogP contribution < -0.4 is 0 Å². The Morgan fingerprint density at radius 3 is 1.88 bits per heavy atom. The molecule has 25 heavy (non-hydrogen) atoms. The summed E-state index contributed by atoms with van der Waals surface area (Å²) >= 11 is 2.76. The Bertz CT molecular complexity index is 1200. The maximum atomic E-state index is 4.88. The van der Waals surface area contributed by atoms with Gasteiger partial charge in [0.05, 0.1) is 16.6 Å². The average molecular weight is 336 g/mol. The first-order valence-electron chi connectivity index (χ1n) is 8.09. The van der Waals surface area contributed by atoms with Crippen molar-refractivity contribution in [1.29, 1.82) is 0 Å². The fourth-order valence-electron chi connectivity index (χ4n) is 3.22. The molecule has 0 saturated carbocycles. The second kappa shape index (κ2) is 5.59. The summed E-state index contributed by atoms with van der Waals surface area (Å²) in [6.07, 6.45) is 0. The highest BCUT2D eigenvalue weighted by atomic mass is 27.1. The van der Waals surface area contributed by atoms with Crippen molar-refractivity contribution in [2.24, 2.45) is 0 Å². The molecule has 5 heteroatoms. The highest BCUT2D eigenvalue weighted by molar-refractivity contribution is 6.13. The van der Waals surface area contributed by atoms with E-state index in [4.69, 9.17) is 9.97 Å². The lowest BCUT2D eigenvalue weighted by Crippen LogP contribution is -2.03. The van der Waals surface area contributed by atoms with E-state index in [2.05, 4.69) is 45.3 Å². The fraction of sp³-hybridized carbons (Fsp3) is 0. The first-order chi connectivity index (χ1) is 12.3. The lowest BCUT2D eigenvalue weighted by atomic mass is 10.3. The van der Waals surface area contributed by atoms with Crippen LogP contribution in [0.25, 0.3) is 39.4 Å². The van der Waals surface area contributed by atoms with Gasteiger partial charge in [0, 0.05) is 11.2 Å². The molecule has 0 N–H and O–H groups in total. The summed E-state index contributed by atoms with van der Waals surface area (Å²) in [4.78, 5) is 9.70. The fourth-order valence-corrected chi connectivity index (χ4v) is 3.61. The van der Waals surface area contributed by atoms with E-state index in [9.17, 15) is 0 Å². The summed E-state index contributed by atoms with van der Waals surface area (Å²) in [5, 5.41) is 0. The summed E-state index contributed by atoms with van der Waals surface area (Å²) in [6, 6.07) is 26.6. The van der Waals surface area contributed by atoms with Crippen LogP contribution in [0.1, 0.15) is 0 Å². The summed E-state index contributed by atoms with van der Waals surface area (Å²) in [6.45, 7) is 0. The van der Waals surface area contributed by atoms with Crippen molar-refractivity contribution in [2.45, 2.75) is 0 Å². The minimum absolute atomic E-state index is 0.825. The van der Waals surface area contributed by atoms with Gasteiger partial charge < -0.3 is 3.55 Å². The van der Waals surface area contributed by atoms with Crippen LogP contribution >= 0.6 is 0 Å². The summed E-state index contributed by atoms with van der Waals surface area (Å²) in [7, 11) is 0. The van der Waals surface area contributed by atoms with E-state index in [0.717, 1.165) is 39.4 Å². The van der Waals surface area contributed by atoms with Gasteiger partial charge in [0.2, 0.25) is 0 Å². The molecule has 116 valence electrons. The number of rotatable bonds is 2. The Kier molecular flexibility index (Phi) is 3.24. The molecule has 0 atom stereocenters. The summed E-state index contributed by atoms with van der Waals surface area (Å²) < 4.78 is 4.19. The van der Waals surface area contributed by atoms with Crippen molar-refractivity contribution in [1.82, 2.24) is 18.1 Å². The third-order valence-corrected chi connectivity index (χ3v) is 4.89. The van der Waals surface area contributed by atoms with E-state index in [1.807, 2.05) is 58.1 Å². The van der Waals surface area contributed by atoms with E-state index >= 15 is 0 Å². The van der Waals surface area contributed by atoms with Gasteiger partial charge in [0.1, 0.15) is 0 Å². The number of fused-ring (bicyclic) bond motifs is 2. The molecule has 0 unspecified atom stereocenters. The minimum Gasteiger partial charge on any atom is -0.433 e. The number of imidazole rings is 2. The van der Waals surface area contributed by atoms with E-state index in [1.165, 1.54) is 0 Å². The van der Waals surface area contributed by atoms with Gasteiger partial charge in [0.25, 0.3) is 0 Å². The van der Waals surface area contributed by atoms with Gasteiger partial charge in [-0.25, -0.2) is 9.97 Å². The summed E-state index contributed by atoms with van der Waals surface area (Å²) in [5.41, 5.74) is 5.12. The Balaban J connectivity index is 1.88. The Hall–Kier alpha value is -2.87. The number of hydrogen-bond acceptors (Lipinski definition) is 2. The molecule has 2 radical (unpaired) electrons. The molecule has 0 aliphatic carbocycles. The smallest absolute Gasteiger partial charge is 0.320 e. The van der Waals surface area contributed by atoms with E-state index in [1.54, 1.807) is 0 Å². The largest absolute Gasteiger partial charge is 0.433 e. The van der Waals surface area contributed by atoms with E-state index < -0.39 is 0 Å². The lowest BCUT2D eigenvalue weighted by Gasteiger charge is -2.10. The minimum atomic E-state index is 0.825. The molecule has 3 aromatic carbocycles. The van der Waals surface area contributed by atoms with Crippen molar-refractivity contribution in [3.8, 4) is 17.3 Å². The highest BCUT2D eigenvalue weighted by Gasteiger charge is 2.18. The van der Waals surface area contributed by atoms with Crippen LogP contribution in [-0.2, 0) is 0 Å². The van der Waals surface area contributed by atoms with Crippen LogP contribution in [-0.4, -0.2) is 34.6 Å². The molecule has 0 aliphatic rings. The van der Waals surface area contributed by atoms with Crippen LogP contribution in [0.3, 0.4) is 0 Å². The van der Waals surface area contributed by atoms with E-state index in [0.29, 0.717) is 0 Å². The predicted molar refractivity (Wildman–Crippen MR) is 101 cm³/mol. The average Bonchev–Trinajstić information content (AvgIpc) is 3.21. The Labute approximate surface area is 153 Å². The van der Waals surface area contributed by atoms with Gasteiger partial charge in [-0.3, -0.25) is 4.57 Å². The van der Waals surface area contributed by atoms with Crippen LogP contribution in [0, 0.1) is 0 Å². The zero-order valence-corrected chi connectivity index (χ0v) is 14.5. The first-order valence-corrected chi connectivity index (χ1v) is 8.60. The quantitative estimate of drug-likeness (QED) is 0.457. The Morgan fingerprint density at radius 1 is 0.600 bits per heavy atom. The van der Waals surface area contributed by atoms with Crippen LogP contribution in [0.5, 0.6) is 0 Å². The van der Waals surface area contributed by atoms with Crippen molar-refractivity contribution in [3.63, 3.8) is 0 Å². The molecule has 0 fully saturated rings. The number of hydrogen-bond donors (Lipinski definition) is 0. The maximum Gasteiger partial charge on any atom is 0.320 e.